The molecule has 2 saturated heterocycles. The number of anilines is 2. The zero-order valence-electron chi connectivity index (χ0n) is 18.4. The van der Waals surface area contributed by atoms with Gasteiger partial charge < -0.3 is 14.6 Å². The third-order valence-corrected chi connectivity index (χ3v) is 6.14. The molecule has 2 aromatic heterocycles. The molecule has 190 valence electrons. The molecule has 0 bridgehead atoms. The molecule has 4 heterocycles. The van der Waals surface area contributed by atoms with Crippen LogP contribution in [0.15, 0.2) is 24.8 Å². The van der Waals surface area contributed by atoms with Gasteiger partial charge in [0.05, 0.1) is 11.8 Å². The van der Waals surface area contributed by atoms with Gasteiger partial charge in [0.15, 0.2) is 0 Å². The molecule has 2 aliphatic heterocycles. The molecule has 0 spiro atoms. The molecule has 0 N–H and O–H groups in total. The monoisotopic (exact) mass is 521 g/mol. The minimum absolute atomic E-state index is 0.0703. The van der Waals surface area contributed by atoms with Crippen molar-refractivity contribution in [1.82, 2.24) is 19.9 Å². The van der Waals surface area contributed by atoms with Crippen LogP contribution in [0.4, 0.5) is 43.8 Å². The molecule has 35 heavy (non-hydrogen) atoms. The molecule has 0 amide bonds. The van der Waals surface area contributed by atoms with Crippen molar-refractivity contribution in [3.05, 3.63) is 41.4 Å². The smallest absolute Gasteiger partial charge is 0.360 e. The first kappa shape index (κ1) is 26.7. The summed E-state index contributed by atoms with van der Waals surface area (Å²) in [7, 11) is 0. The number of piperidine rings is 2. The average Bonchev–Trinajstić information content (AvgIpc) is 2.83. The summed E-state index contributed by atoms with van der Waals surface area (Å²) in [6.07, 6.45) is -5.28. The van der Waals surface area contributed by atoms with Crippen LogP contribution in [0.2, 0.25) is 5.15 Å². The molecule has 0 aromatic carbocycles. The third kappa shape index (κ3) is 7.55. The van der Waals surface area contributed by atoms with Crippen LogP contribution in [0.5, 0.6) is 0 Å². The molecular formula is C21H22ClF6N7. The molecular weight excluding hydrogens is 500 g/mol. The second-order valence-electron chi connectivity index (χ2n) is 8.15. The largest absolute Gasteiger partial charge is 0.391 e. The Kier molecular flexibility index (Phi) is 8.58. The predicted octanol–water partition coefficient (Wildman–Crippen LogP) is 5.71. The number of rotatable bonds is 2. The topological polar surface area (TPSA) is 62.4 Å². The lowest BCUT2D eigenvalue weighted by molar-refractivity contribution is -0.179. The van der Waals surface area contributed by atoms with E-state index in [2.05, 4.69) is 24.8 Å². The van der Waals surface area contributed by atoms with Crippen molar-refractivity contribution in [2.24, 2.45) is 11.8 Å². The Morgan fingerprint density at radius 2 is 1.17 bits per heavy atom. The van der Waals surface area contributed by atoms with Gasteiger partial charge in [-0.3, -0.25) is 0 Å². The van der Waals surface area contributed by atoms with Gasteiger partial charge in [-0.15, -0.1) is 4.98 Å². The Bertz CT molecular complexity index is 1010. The summed E-state index contributed by atoms with van der Waals surface area (Å²) in [6.45, 7) is 8.13. The van der Waals surface area contributed by atoms with Crippen LogP contribution >= 0.6 is 11.6 Å². The zero-order valence-corrected chi connectivity index (χ0v) is 19.2. The fourth-order valence-corrected chi connectivity index (χ4v) is 4.08. The van der Waals surface area contributed by atoms with E-state index < -0.39 is 24.2 Å². The summed E-state index contributed by atoms with van der Waals surface area (Å²) in [4.78, 5) is 22.2. The van der Waals surface area contributed by atoms with Gasteiger partial charge in [-0.25, -0.2) is 9.97 Å². The highest BCUT2D eigenvalue weighted by Gasteiger charge is 2.42. The predicted molar refractivity (Wildman–Crippen MR) is 117 cm³/mol. The van der Waals surface area contributed by atoms with Crippen molar-refractivity contribution in [2.45, 2.75) is 38.0 Å². The lowest BCUT2D eigenvalue weighted by Gasteiger charge is -2.33. The average molecular weight is 522 g/mol. The molecule has 2 aromatic rings. The molecule has 0 saturated carbocycles. The number of hydrogen-bond acceptors (Lipinski definition) is 6. The number of nitrogens with zero attached hydrogens (tertiary/aromatic N) is 7. The molecule has 2 aliphatic rings. The summed E-state index contributed by atoms with van der Waals surface area (Å²) < 4.78 is 74.9. The van der Waals surface area contributed by atoms with E-state index in [0.29, 0.717) is 43.0 Å². The number of hydrogen-bond donors (Lipinski definition) is 0. The highest BCUT2D eigenvalue weighted by atomic mass is 35.5. The van der Waals surface area contributed by atoms with Crippen molar-refractivity contribution in [2.75, 3.05) is 36.0 Å². The Hall–Kier alpha value is -2.88. The Morgan fingerprint density at radius 3 is 1.57 bits per heavy atom. The van der Waals surface area contributed by atoms with Crippen molar-refractivity contribution in [3.8, 4) is 0 Å². The van der Waals surface area contributed by atoms with E-state index in [1.165, 1.54) is 18.7 Å². The van der Waals surface area contributed by atoms with E-state index >= 15 is 0 Å². The van der Waals surface area contributed by atoms with Crippen LogP contribution in [-0.4, -0.2) is 58.5 Å². The fourth-order valence-electron chi connectivity index (χ4n) is 3.94. The van der Waals surface area contributed by atoms with Gasteiger partial charge in [0.2, 0.25) is 6.33 Å². The van der Waals surface area contributed by atoms with Gasteiger partial charge in [0.1, 0.15) is 23.1 Å². The van der Waals surface area contributed by atoms with E-state index in [0.717, 1.165) is 0 Å². The normalized spacial score (nSPS) is 18.0. The Morgan fingerprint density at radius 1 is 0.743 bits per heavy atom. The van der Waals surface area contributed by atoms with Gasteiger partial charge >= 0.3 is 12.4 Å². The summed E-state index contributed by atoms with van der Waals surface area (Å²) >= 11 is 5.71. The molecule has 0 unspecified atom stereocenters. The highest BCUT2D eigenvalue weighted by Crippen LogP contribution is 2.36. The van der Waals surface area contributed by atoms with Crippen molar-refractivity contribution < 1.29 is 26.3 Å². The standard InChI is InChI=1S/C11H11F3N4.C10H11ClF3N3/c1-15-9-6-10(17-7-16-9)18-4-2-8(3-5-18)11(12,13)14;11-8-5-9(16-6-15-8)17-3-1-7(2-4-17)10(12,13)14/h6-8H,2-5H2;5-7H,1-4H2. The minimum Gasteiger partial charge on any atom is -0.360 e. The van der Waals surface area contributed by atoms with Crippen LogP contribution in [0.1, 0.15) is 25.7 Å². The maximum atomic E-state index is 12.5. The summed E-state index contributed by atoms with van der Waals surface area (Å²) in [5, 5.41) is 0.299. The molecule has 7 nitrogen and oxygen atoms in total. The third-order valence-electron chi connectivity index (χ3n) is 5.94. The summed E-state index contributed by atoms with van der Waals surface area (Å²) in [5.41, 5.74) is 0. The van der Waals surface area contributed by atoms with Crippen LogP contribution in [-0.2, 0) is 0 Å². The van der Waals surface area contributed by atoms with E-state index in [-0.39, 0.29) is 31.5 Å². The van der Waals surface area contributed by atoms with Gasteiger partial charge in [-0.2, -0.15) is 31.3 Å². The van der Waals surface area contributed by atoms with Crippen LogP contribution in [0, 0.1) is 18.4 Å². The van der Waals surface area contributed by atoms with Crippen LogP contribution < -0.4 is 9.80 Å². The first-order chi connectivity index (χ1) is 16.5. The van der Waals surface area contributed by atoms with Gasteiger partial charge in [0, 0.05) is 38.3 Å². The SMILES string of the molecule is FC(F)(F)C1CCN(c2cc(Cl)ncn2)CC1.[C-]#[N+]c1cc(N2CCC(C(F)(F)F)CC2)ncn1. The Labute approximate surface area is 203 Å². The maximum Gasteiger partial charge on any atom is 0.391 e. The van der Waals surface area contributed by atoms with E-state index in [9.17, 15) is 26.3 Å². The van der Waals surface area contributed by atoms with Crippen molar-refractivity contribution >= 4 is 29.1 Å². The lowest BCUT2D eigenvalue weighted by Crippen LogP contribution is -2.39. The molecule has 0 aliphatic carbocycles. The fraction of sp³-hybridized carbons (Fsp3) is 0.571. The molecule has 0 atom stereocenters. The van der Waals surface area contributed by atoms with E-state index in [4.69, 9.17) is 18.2 Å². The lowest BCUT2D eigenvalue weighted by atomic mass is 9.96. The van der Waals surface area contributed by atoms with Crippen molar-refractivity contribution in [3.63, 3.8) is 0 Å². The maximum absolute atomic E-state index is 12.5. The molecule has 4 rings (SSSR count). The van der Waals surface area contributed by atoms with Gasteiger partial charge in [-0.1, -0.05) is 18.2 Å². The molecule has 2 fully saturated rings. The second kappa shape index (κ2) is 11.2. The molecule has 14 heteroatoms. The number of aromatic nitrogens is 4. The summed E-state index contributed by atoms with van der Waals surface area (Å²) in [6, 6.07) is 3.07. The van der Waals surface area contributed by atoms with Crippen molar-refractivity contribution in [1.29, 1.82) is 0 Å². The quantitative estimate of drug-likeness (QED) is 0.286. The van der Waals surface area contributed by atoms with Crippen LogP contribution in [0.25, 0.3) is 4.85 Å². The number of alkyl halides is 6. The first-order valence-electron chi connectivity index (χ1n) is 10.8. The van der Waals surface area contributed by atoms with E-state index in [1.54, 1.807) is 15.9 Å². The van der Waals surface area contributed by atoms with Gasteiger partial charge in [0.25, 0.3) is 5.82 Å². The second-order valence-corrected chi connectivity index (χ2v) is 8.54. The minimum atomic E-state index is -4.11. The summed E-state index contributed by atoms with van der Waals surface area (Å²) in [5.74, 6) is -1.10. The van der Waals surface area contributed by atoms with Crippen LogP contribution in [0.3, 0.4) is 0 Å². The Balaban J connectivity index is 0.000000196. The van der Waals surface area contributed by atoms with Gasteiger partial charge in [-0.05, 0) is 25.7 Å². The zero-order chi connectivity index (χ0) is 25.6. The van der Waals surface area contributed by atoms with E-state index in [1.807, 2.05) is 0 Å². The first-order valence-corrected chi connectivity index (χ1v) is 11.2. The highest BCUT2D eigenvalue weighted by molar-refractivity contribution is 6.29. The molecule has 0 radical (unpaired) electrons. The number of halogens is 7.